The molecule has 2 heterocycles. The quantitative estimate of drug-likeness (QED) is 0.319. The van der Waals surface area contributed by atoms with Crippen LogP contribution in [0.25, 0.3) is 10.9 Å². The first-order valence-electron chi connectivity index (χ1n) is 9.93. The van der Waals surface area contributed by atoms with Crippen molar-refractivity contribution in [2.24, 2.45) is 0 Å². The fourth-order valence-corrected chi connectivity index (χ4v) is 3.79. The molecule has 1 amide bonds. The molecule has 0 spiro atoms. The summed E-state index contributed by atoms with van der Waals surface area (Å²) in [6.45, 7) is 0.259. The second kappa shape index (κ2) is 9.09. The molecule has 0 aliphatic carbocycles. The van der Waals surface area contributed by atoms with Crippen LogP contribution >= 0.6 is 11.6 Å². The van der Waals surface area contributed by atoms with Crippen molar-refractivity contribution < 1.29 is 24.0 Å². The highest BCUT2D eigenvalue weighted by Crippen LogP contribution is 2.32. The number of nitro benzene ring substituents is 1. The largest absolute Gasteiger partial charge is 0.465 e. The Hall–Kier alpha value is -4.01. The highest BCUT2D eigenvalue weighted by Gasteiger charge is 2.39. The van der Waals surface area contributed by atoms with Crippen LogP contribution in [0, 0.1) is 27.8 Å². The van der Waals surface area contributed by atoms with Crippen LogP contribution in [-0.2, 0) is 4.74 Å². The zero-order chi connectivity index (χ0) is 24.5. The molecule has 1 aliphatic rings. The summed E-state index contributed by atoms with van der Waals surface area (Å²) < 4.78 is 19.8. The number of hydrogen-bond acceptors (Lipinski definition) is 7. The van der Waals surface area contributed by atoms with Crippen molar-refractivity contribution in [2.75, 3.05) is 25.5 Å². The molecule has 174 valence electrons. The molecule has 0 radical (unpaired) electrons. The fourth-order valence-electron chi connectivity index (χ4n) is 3.62. The Labute approximate surface area is 197 Å². The Morgan fingerprint density at radius 3 is 2.88 bits per heavy atom. The number of rotatable bonds is 4. The third-order valence-corrected chi connectivity index (χ3v) is 5.76. The van der Waals surface area contributed by atoms with E-state index >= 15 is 0 Å². The number of nitro groups is 1. The summed E-state index contributed by atoms with van der Waals surface area (Å²) in [5, 5.41) is 24.0. The van der Waals surface area contributed by atoms with Crippen molar-refractivity contribution in [1.82, 2.24) is 14.9 Å². The van der Waals surface area contributed by atoms with Gasteiger partial charge in [-0.25, -0.2) is 19.2 Å². The maximum atomic E-state index is 14.3. The van der Waals surface area contributed by atoms with E-state index in [4.69, 9.17) is 16.3 Å². The lowest BCUT2D eigenvalue weighted by Crippen LogP contribution is -2.36. The second-order valence-electron chi connectivity index (χ2n) is 7.49. The van der Waals surface area contributed by atoms with Crippen LogP contribution in [0.1, 0.15) is 12.0 Å². The lowest BCUT2D eigenvalue weighted by Gasteiger charge is -2.20. The van der Waals surface area contributed by atoms with Gasteiger partial charge in [-0.15, -0.1) is 0 Å². The van der Waals surface area contributed by atoms with E-state index in [1.165, 1.54) is 42.6 Å². The number of carboxylic acid groups (broad SMARTS) is 1. The number of halogens is 2. The summed E-state index contributed by atoms with van der Waals surface area (Å²) in [6, 6.07) is 7.07. The molecule has 4 rings (SSSR count). The molecule has 34 heavy (non-hydrogen) atoms. The minimum Gasteiger partial charge on any atom is -0.465 e. The van der Waals surface area contributed by atoms with Gasteiger partial charge in [0.15, 0.2) is 5.82 Å². The molecule has 3 aromatic rings. The average molecular weight is 486 g/mol. The standard InChI is InChI=1S/C22H17ClFN5O5/c1-34-22(7-8-28(11-22)21(30)31)6-5-13-9-17-14(10-18(13)29(32)33)20(26-12-25-17)27-16-4-2-3-15(23)19(16)24/h2-4,9-10,12H,7-8,11H2,1H3,(H,30,31)(H,25,26,27). The van der Waals surface area contributed by atoms with Gasteiger partial charge in [0.2, 0.25) is 0 Å². The minimum atomic E-state index is -1.09. The number of benzene rings is 2. The van der Waals surface area contributed by atoms with E-state index in [1.54, 1.807) is 6.07 Å². The molecule has 1 fully saturated rings. The van der Waals surface area contributed by atoms with Gasteiger partial charge in [-0.05, 0) is 18.2 Å². The third kappa shape index (κ3) is 4.41. The molecule has 0 bridgehead atoms. The van der Waals surface area contributed by atoms with Crippen molar-refractivity contribution in [3.63, 3.8) is 0 Å². The van der Waals surface area contributed by atoms with E-state index < -0.39 is 22.4 Å². The third-order valence-electron chi connectivity index (χ3n) is 5.47. The molecule has 1 unspecified atom stereocenters. The summed E-state index contributed by atoms with van der Waals surface area (Å²) in [4.78, 5) is 31.9. The van der Waals surface area contributed by atoms with Crippen LogP contribution in [0.15, 0.2) is 36.7 Å². The number of aromatic nitrogens is 2. The van der Waals surface area contributed by atoms with Crippen molar-refractivity contribution in [3.8, 4) is 11.8 Å². The van der Waals surface area contributed by atoms with Gasteiger partial charge in [-0.2, -0.15) is 0 Å². The summed E-state index contributed by atoms with van der Waals surface area (Å²) in [5.41, 5.74) is -0.945. The summed E-state index contributed by atoms with van der Waals surface area (Å²) in [6.07, 6.45) is 0.463. The van der Waals surface area contributed by atoms with Gasteiger partial charge in [0.05, 0.1) is 27.7 Å². The van der Waals surface area contributed by atoms with Gasteiger partial charge < -0.3 is 20.1 Å². The van der Waals surface area contributed by atoms with Crippen molar-refractivity contribution in [1.29, 1.82) is 0 Å². The Bertz CT molecular complexity index is 1380. The monoisotopic (exact) mass is 485 g/mol. The first-order valence-corrected chi connectivity index (χ1v) is 10.3. The SMILES string of the molecule is COC1(C#Cc2cc3ncnc(Nc4cccc(Cl)c4F)c3cc2[N+](=O)[O-])CCN(C(=O)O)C1. The number of likely N-dealkylation sites (tertiary alicyclic amines) is 1. The van der Waals surface area contributed by atoms with Gasteiger partial charge in [0.1, 0.15) is 23.3 Å². The van der Waals surface area contributed by atoms with Gasteiger partial charge in [-0.1, -0.05) is 29.5 Å². The average Bonchev–Trinajstić information content (AvgIpc) is 3.26. The summed E-state index contributed by atoms with van der Waals surface area (Å²) in [5.74, 6) is 5.10. The maximum absolute atomic E-state index is 14.3. The molecule has 1 aliphatic heterocycles. The fraction of sp³-hybridized carbons (Fsp3) is 0.227. The Kier molecular flexibility index (Phi) is 6.19. The van der Waals surface area contributed by atoms with E-state index in [0.717, 1.165) is 0 Å². The Morgan fingerprint density at radius 2 is 2.21 bits per heavy atom. The molecular formula is C22H17ClFN5O5. The highest BCUT2D eigenvalue weighted by molar-refractivity contribution is 6.31. The molecule has 2 N–H and O–H groups in total. The number of amides is 1. The molecule has 12 heteroatoms. The Morgan fingerprint density at radius 1 is 1.41 bits per heavy atom. The van der Waals surface area contributed by atoms with Crippen LogP contribution in [0.3, 0.4) is 0 Å². The van der Waals surface area contributed by atoms with Gasteiger partial charge in [0.25, 0.3) is 5.69 Å². The molecule has 2 aromatic carbocycles. The summed E-state index contributed by atoms with van der Waals surface area (Å²) >= 11 is 5.83. The maximum Gasteiger partial charge on any atom is 0.407 e. The number of methoxy groups -OCH3 is 1. The van der Waals surface area contributed by atoms with E-state index in [0.29, 0.717) is 11.9 Å². The molecule has 1 atom stereocenters. The van der Waals surface area contributed by atoms with E-state index in [-0.39, 0.29) is 46.3 Å². The number of hydrogen-bond donors (Lipinski definition) is 2. The highest BCUT2D eigenvalue weighted by atomic mass is 35.5. The number of ether oxygens (including phenoxy) is 1. The molecule has 10 nitrogen and oxygen atoms in total. The summed E-state index contributed by atoms with van der Waals surface area (Å²) in [7, 11) is 1.41. The van der Waals surface area contributed by atoms with E-state index in [9.17, 15) is 24.4 Å². The topological polar surface area (TPSA) is 131 Å². The van der Waals surface area contributed by atoms with Crippen molar-refractivity contribution >= 4 is 45.8 Å². The lowest BCUT2D eigenvalue weighted by atomic mass is 10.0. The minimum absolute atomic E-state index is 0.0225. The number of nitrogens with one attached hydrogen (secondary N) is 1. The molecule has 1 aromatic heterocycles. The van der Waals surface area contributed by atoms with Crippen LogP contribution in [0.2, 0.25) is 5.02 Å². The predicted molar refractivity (Wildman–Crippen MR) is 122 cm³/mol. The molecule has 0 saturated carbocycles. The van der Waals surface area contributed by atoms with Crippen molar-refractivity contribution in [2.45, 2.75) is 12.0 Å². The lowest BCUT2D eigenvalue weighted by molar-refractivity contribution is -0.385. The predicted octanol–water partition coefficient (Wildman–Crippen LogP) is 4.19. The molecule has 1 saturated heterocycles. The number of nitrogens with zero attached hydrogens (tertiary/aromatic N) is 4. The normalized spacial score (nSPS) is 17.3. The van der Waals surface area contributed by atoms with Crippen LogP contribution in [-0.4, -0.2) is 56.8 Å². The van der Waals surface area contributed by atoms with Crippen LogP contribution < -0.4 is 5.32 Å². The zero-order valence-corrected chi connectivity index (χ0v) is 18.5. The van der Waals surface area contributed by atoms with Gasteiger partial charge in [0, 0.05) is 31.5 Å². The Balaban J connectivity index is 1.76. The first-order chi connectivity index (χ1) is 16.2. The van der Waals surface area contributed by atoms with E-state index in [1.807, 2.05) is 0 Å². The molecular weight excluding hydrogens is 469 g/mol. The zero-order valence-electron chi connectivity index (χ0n) is 17.7. The van der Waals surface area contributed by atoms with Gasteiger partial charge in [-0.3, -0.25) is 10.1 Å². The van der Waals surface area contributed by atoms with Gasteiger partial charge >= 0.3 is 6.09 Å². The number of fused-ring (bicyclic) bond motifs is 1. The smallest absolute Gasteiger partial charge is 0.407 e. The van der Waals surface area contributed by atoms with E-state index in [2.05, 4.69) is 27.1 Å². The van der Waals surface area contributed by atoms with Crippen LogP contribution in [0.4, 0.5) is 26.4 Å². The second-order valence-corrected chi connectivity index (χ2v) is 7.90. The number of carbonyl (C=O) groups is 1. The van der Waals surface area contributed by atoms with Crippen LogP contribution in [0.5, 0.6) is 0 Å². The number of anilines is 2. The first kappa shape index (κ1) is 23.2. The van der Waals surface area contributed by atoms with Crippen molar-refractivity contribution in [3.05, 3.63) is 63.2 Å².